The number of anilines is 1. The van der Waals surface area contributed by atoms with Gasteiger partial charge in [-0.05, 0) is 24.3 Å². The zero-order valence-corrected chi connectivity index (χ0v) is 12.6. The lowest BCUT2D eigenvalue weighted by atomic mass is 10.2. The van der Waals surface area contributed by atoms with Gasteiger partial charge in [0.05, 0.1) is 15.6 Å². The predicted octanol–water partition coefficient (Wildman–Crippen LogP) is 4.30. The molecule has 0 fully saturated rings. The molecule has 1 amide bonds. The number of aromatic nitrogens is 2. The summed E-state index contributed by atoms with van der Waals surface area (Å²) < 4.78 is 5.40. The number of benzene rings is 2. The summed E-state index contributed by atoms with van der Waals surface area (Å²) in [6.07, 6.45) is 0. The molecule has 3 rings (SSSR count). The highest BCUT2D eigenvalue weighted by molar-refractivity contribution is 6.43. The largest absolute Gasteiger partial charge is 0.403 e. The van der Waals surface area contributed by atoms with E-state index in [0.717, 1.165) is 0 Å². The van der Waals surface area contributed by atoms with Gasteiger partial charge < -0.3 is 4.42 Å². The Kier molecular flexibility index (Phi) is 4.09. The van der Waals surface area contributed by atoms with Crippen molar-refractivity contribution in [2.24, 2.45) is 0 Å². The monoisotopic (exact) mass is 333 g/mol. The molecule has 0 unspecified atom stereocenters. The lowest BCUT2D eigenvalue weighted by Gasteiger charge is -2.01. The molecule has 1 heterocycles. The molecule has 22 heavy (non-hydrogen) atoms. The molecule has 2 aromatic carbocycles. The Bertz CT molecular complexity index is 819. The van der Waals surface area contributed by atoms with Crippen molar-refractivity contribution in [3.05, 3.63) is 64.1 Å². The minimum atomic E-state index is -0.340. The summed E-state index contributed by atoms with van der Waals surface area (Å²) in [6, 6.07) is 13.8. The second-order valence-electron chi connectivity index (χ2n) is 4.33. The van der Waals surface area contributed by atoms with Crippen LogP contribution in [0.15, 0.2) is 52.9 Å². The third-order valence-electron chi connectivity index (χ3n) is 2.86. The fourth-order valence-corrected chi connectivity index (χ4v) is 2.19. The molecule has 0 saturated carbocycles. The van der Waals surface area contributed by atoms with Crippen LogP contribution in [-0.4, -0.2) is 16.1 Å². The molecule has 7 heteroatoms. The summed E-state index contributed by atoms with van der Waals surface area (Å²) in [5.41, 5.74) is 0.991. The fraction of sp³-hybridized carbons (Fsp3) is 0. The Labute approximate surface area is 135 Å². The molecule has 3 aromatic rings. The highest BCUT2D eigenvalue weighted by atomic mass is 35.5. The van der Waals surface area contributed by atoms with Crippen LogP contribution >= 0.6 is 23.2 Å². The second kappa shape index (κ2) is 6.17. The van der Waals surface area contributed by atoms with Gasteiger partial charge in [-0.15, -0.1) is 5.10 Å². The van der Waals surface area contributed by atoms with E-state index in [0.29, 0.717) is 21.2 Å². The van der Waals surface area contributed by atoms with E-state index in [1.165, 1.54) is 0 Å². The van der Waals surface area contributed by atoms with Gasteiger partial charge in [-0.1, -0.05) is 52.6 Å². The Morgan fingerprint density at radius 1 is 1.00 bits per heavy atom. The van der Waals surface area contributed by atoms with Gasteiger partial charge in [0.15, 0.2) is 0 Å². The molecule has 0 spiro atoms. The molecular weight excluding hydrogens is 325 g/mol. The van der Waals surface area contributed by atoms with Crippen molar-refractivity contribution < 1.29 is 9.21 Å². The van der Waals surface area contributed by atoms with E-state index in [9.17, 15) is 4.79 Å². The first kappa shape index (κ1) is 14.6. The Morgan fingerprint density at radius 2 is 1.77 bits per heavy atom. The number of hydrogen-bond acceptors (Lipinski definition) is 4. The highest BCUT2D eigenvalue weighted by Gasteiger charge is 2.15. The number of carbonyl (C=O) groups excluding carboxylic acids is 1. The van der Waals surface area contributed by atoms with Crippen molar-refractivity contribution in [2.75, 3.05) is 5.32 Å². The summed E-state index contributed by atoms with van der Waals surface area (Å²) in [5, 5.41) is 10.9. The molecule has 0 radical (unpaired) electrons. The average molecular weight is 334 g/mol. The third kappa shape index (κ3) is 2.95. The SMILES string of the molecule is O=C(Nc1nnc(-c2cccc(Cl)c2Cl)o1)c1ccccc1. The quantitative estimate of drug-likeness (QED) is 0.776. The maximum atomic E-state index is 12.0. The van der Waals surface area contributed by atoms with Gasteiger partial charge in [-0.3, -0.25) is 10.1 Å². The minimum Gasteiger partial charge on any atom is -0.403 e. The van der Waals surface area contributed by atoms with Gasteiger partial charge in [0.1, 0.15) is 0 Å². The van der Waals surface area contributed by atoms with Gasteiger partial charge in [-0.2, -0.15) is 0 Å². The predicted molar refractivity (Wildman–Crippen MR) is 84.1 cm³/mol. The molecule has 0 aliphatic rings. The smallest absolute Gasteiger partial charge is 0.322 e. The number of rotatable bonds is 3. The lowest BCUT2D eigenvalue weighted by molar-refractivity contribution is 0.102. The van der Waals surface area contributed by atoms with E-state index in [-0.39, 0.29) is 17.8 Å². The first-order valence-electron chi connectivity index (χ1n) is 6.29. The second-order valence-corrected chi connectivity index (χ2v) is 5.12. The molecule has 110 valence electrons. The van der Waals surface area contributed by atoms with Crippen LogP contribution in [0.2, 0.25) is 10.0 Å². The van der Waals surface area contributed by atoms with Crippen LogP contribution in [0.1, 0.15) is 10.4 Å². The standard InChI is InChI=1S/C15H9Cl2N3O2/c16-11-8-4-7-10(12(11)17)14-19-20-15(22-14)18-13(21)9-5-2-1-3-6-9/h1-8H,(H,18,20,21). The Hall–Kier alpha value is -2.37. The van der Waals surface area contributed by atoms with Crippen LogP contribution in [0.5, 0.6) is 0 Å². The minimum absolute atomic E-state index is 0.0140. The van der Waals surface area contributed by atoms with E-state index >= 15 is 0 Å². The maximum Gasteiger partial charge on any atom is 0.322 e. The number of nitrogens with zero attached hydrogens (tertiary/aromatic N) is 2. The summed E-state index contributed by atoms with van der Waals surface area (Å²) >= 11 is 12.0. The summed E-state index contributed by atoms with van der Waals surface area (Å²) in [6.45, 7) is 0. The normalized spacial score (nSPS) is 10.5. The molecule has 0 aliphatic carbocycles. The molecule has 1 aromatic heterocycles. The number of nitrogens with one attached hydrogen (secondary N) is 1. The van der Waals surface area contributed by atoms with Crippen molar-refractivity contribution in [2.45, 2.75) is 0 Å². The molecule has 5 nitrogen and oxygen atoms in total. The Morgan fingerprint density at radius 3 is 2.55 bits per heavy atom. The molecule has 0 aliphatic heterocycles. The van der Waals surface area contributed by atoms with Crippen molar-refractivity contribution in [1.82, 2.24) is 10.2 Å². The molecule has 1 N–H and O–H groups in total. The third-order valence-corrected chi connectivity index (χ3v) is 3.68. The maximum absolute atomic E-state index is 12.0. The number of halogens is 2. The van der Waals surface area contributed by atoms with E-state index in [1.807, 2.05) is 6.07 Å². The zero-order chi connectivity index (χ0) is 15.5. The van der Waals surface area contributed by atoms with Crippen molar-refractivity contribution in [3.8, 4) is 11.5 Å². The van der Waals surface area contributed by atoms with Gasteiger partial charge in [0, 0.05) is 5.56 Å². The van der Waals surface area contributed by atoms with Crippen LogP contribution < -0.4 is 5.32 Å². The average Bonchev–Trinajstić information content (AvgIpc) is 2.99. The Balaban J connectivity index is 1.83. The number of carbonyl (C=O) groups is 1. The van der Waals surface area contributed by atoms with E-state index in [2.05, 4.69) is 15.5 Å². The van der Waals surface area contributed by atoms with Crippen LogP contribution in [0.4, 0.5) is 6.01 Å². The first-order valence-corrected chi connectivity index (χ1v) is 7.05. The van der Waals surface area contributed by atoms with Crippen LogP contribution in [0.25, 0.3) is 11.5 Å². The number of hydrogen-bond donors (Lipinski definition) is 1. The van der Waals surface area contributed by atoms with Crippen LogP contribution in [0.3, 0.4) is 0 Å². The van der Waals surface area contributed by atoms with Crippen molar-refractivity contribution in [3.63, 3.8) is 0 Å². The van der Waals surface area contributed by atoms with E-state index in [4.69, 9.17) is 27.6 Å². The van der Waals surface area contributed by atoms with Gasteiger partial charge in [0.25, 0.3) is 11.8 Å². The lowest BCUT2D eigenvalue weighted by Crippen LogP contribution is -2.11. The summed E-state index contributed by atoms with van der Waals surface area (Å²) in [4.78, 5) is 12.0. The van der Waals surface area contributed by atoms with Crippen LogP contribution in [-0.2, 0) is 0 Å². The van der Waals surface area contributed by atoms with Crippen LogP contribution in [0, 0.1) is 0 Å². The molecule has 0 bridgehead atoms. The van der Waals surface area contributed by atoms with Gasteiger partial charge in [0.2, 0.25) is 0 Å². The summed E-state index contributed by atoms with van der Waals surface area (Å²) in [7, 11) is 0. The zero-order valence-electron chi connectivity index (χ0n) is 11.1. The molecular formula is C15H9Cl2N3O2. The highest BCUT2D eigenvalue weighted by Crippen LogP contribution is 2.33. The van der Waals surface area contributed by atoms with Crippen molar-refractivity contribution >= 4 is 35.1 Å². The fourth-order valence-electron chi connectivity index (χ4n) is 1.81. The topological polar surface area (TPSA) is 68.0 Å². The van der Waals surface area contributed by atoms with Crippen molar-refractivity contribution in [1.29, 1.82) is 0 Å². The van der Waals surface area contributed by atoms with E-state index < -0.39 is 0 Å². The molecule has 0 atom stereocenters. The van der Waals surface area contributed by atoms with E-state index in [1.54, 1.807) is 42.5 Å². The summed E-state index contributed by atoms with van der Waals surface area (Å²) in [5.74, 6) is -0.163. The van der Waals surface area contributed by atoms with Gasteiger partial charge in [-0.25, -0.2) is 0 Å². The molecule has 0 saturated heterocycles. The number of amides is 1. The first-order chi connectivity index (χ1) is 10.6. The van der Waals surface area contributed by atoms with Gasteiger partial charge >= 0.3 is 6.01 Å².